The molecule has 0 saturated carbocycles. The van der Waals surface area contributed by atoms with E-state index in [1.807, 2.05) is 30.4 Å². The minimum atomic E-state index is -0.726. The van der Waals surface area contributed by atoms with Crippen molar-refractivity contribution in [2.45, 2.75) is 24.6 Å². The fraction of sp³-hybridized carbons (Fsp3) is 0.889. The maximum absolute atomic E-state index is 10.4. The predicted octanol–water partition coefficient (Wildman–Crippen LogP) is 1.29. The van der Waals surface area contributed by atoms with Crippen molar-refractivity contribution < 1.29 is 9.90 Å². The minimum Gasteiger partial charge on any atom is -0.481 e. The molecule has 1 fully saturated rings. The largest absolute Gasteiger partial charge is 0.481 e. The van der Waals surface area contributed by atoms with E-state index in [1.165, 1.54) is 17.3 Å². The third-order valence-electron chi connectivity index (χ3n) is 2.06. The van der Waals surface area contributed by atoms with Crippen LogP contribution in [0.3, 0.4) is 0 Å². The summed E-state index contributed by atoms with van der Waals surface area (Å²) in [6.45, 7) is 2.86. The first-order chi connectivity index (χ1) is 6.68. The summed E-state index contributed by atoms with van der Waals surface area (Å²) < 4.78 is 0. The Morgan fingerprint density at radius 1 is 1.64 bits per heavy atom. The van der Waals surface area contributed by atoms with Crippen molar-refractivity contribution in [3.05, 3.63) is 0 Å². The number of carboxylic acid groups (broad SMARTS) is 1. The molecule has 0 aromatic carbocycles. The Kier molecular flexibility index (Phi) is 5.74. The molecule has 3 nitrogen and oxygen atoms in total. The third-order valence-corrected chi connectivity index (χ3v) is 4.90. The van der Waals surface area contributed by atoms with Gasteiger partial charge < -0.3 is 10.4 Å². The molecule has 5 heteroatoms. The second-order valence-electron chi connectivity index (χ2n) is 3.47. The molecule has 0 bridgehead atoms. The number of thioether (sulfide) groups is 2. The number of rotatable bonds is 5. The highest BCUT2D eigenvalue weighted by molar-refractivity contribution is 8.06. The first kappa shape index (κ1) is 12.2. The van der Waals surface area contributed by atoms with Gasteiger partial charge in [0.1, 0.15) is 0 Å². The van der Waals surface area contributed by atoms with E-state index in [0.717, 1.165) is 6.54 Å². The van der Waals surface area contributed by atoms with Gasteiger partial charge in [0.25, 0.3) is 0 Å². The zero-order valence-electron chi connectivity index (χ0n) is 8.36. The summed E-state index contributed by atoms with van der Waals surface area (Å²) in [5.74, 6) is 2.95. The molecule has 1 aliphatic rings. The molecule has 0 aromatic heterocycles. The van der Waals surface area contributed by atoms with E-state index in [-0.39, 0.29) is 12.5 Å². The summed E-state index contributed by atoms with van der Waals surface area (Å²) in [6, 6.07) is 0.0834. The summed E-state index contributed by atoms with van der Waals surface area (Å²) in [7, 11) is 0. The van der Waals surface area contributed by atoms with E-state index >= 15 is 0 Å². The molecule has 1 aliphatic heterocycles. The van der Waals surface area contributed by atoms with Crippen LogP contribution in [0.5, 0.6) is 0 Å². The van der Waals surface area contributed by atoms with Crippen LogP contribution in [-0.4, -0.2) is 46.2 Å². The molecular formula is C9H17NO2S2. The van der Waals surface area contributed by atoms with Crippen LogP contribution in [0.4, 0.5) is 0 Å². The zero-order valence-corrected chi connectivity index (χ0v) is 10.00. The van der Waals surface area contributed by atoms with Crippen LogP contribution in [-0.2, 0) is 4.79 Å². The normalized spacial score (nSPS) is 24.5. The molecule has 1 rings (SSSR count). The van der Waals surface area contributed by atoms with E-state index in [2.05, 4.69) is 5.32 Å². The lowest BCUT2D eigenvalue weighted by Crippen LogP contribution is -2.36. The van der Waals surface area contributed by atoms with E-state index in [0.29, 0.717) is 5.25 Å². The molecule has 1 saturated heterocycles. The first-order valence-electron chi connectivity index (χ1n) is 4.83. The Bertz CT molecular complexity index is 184. The average molecular weight is 235 g/mol. The lowest BCUT2D eigenvalue weighted by Gasteiger charge is -2.22. The second-order valence-corrected chi connectivity index (χ2v) is 6.03. The SMILES string of the molecule is CC(CC(=O)O)NCC1CSCCS1. The van der Waals surface area contributed by atoms with Crippen molar-refractivity contribution >= 4 is 29.5 Å². The lowest BCUT2D eigenvalue weighted by molar-refractivity contribution is -0.137. The van der Waals surface area contributed by atoms with Crippen molar-refractivity contribution in [2.24, 2.45) is 0 Å². The summed E-state index contributed by atoms with van der Waals surface area (Å²) in [5.41, 5.74) is 0. The average Bonchev–Trinajstić information content (AvgIpc) is 2.15. The van der Waals surface area contributed by atoms with Crippen molar-refractivity contribution in [2.75, 3.05) is 23.8 Å². The third kappa shape index (κ3) is 5.12. The van der Waals surface area contributed by atoms with Crippen molar-refractivity contribution in [3.8, 4) is 0 Å². The summed E-state index contributed by atoms with van der Waals surface area (Å²) in [5, 5.41) is 12.5. The summed E-state index contributed by atoms with van der Waals surface area (Å²) >= 11 is 3.98. The van der Waals surface area contributed by atoms with Gasteiger partial charge >= 0.3 is 5.97 Å². The van der Waals surface area contributed by atoms with Gasteiger partial charge in [-0.15, -0.1) is 0 Å². The van der Waals surface area contributed by atoms with Crippen molar-refractivity contribution in [1.29, 1.82) is 0 Å². The van der Waals surface area contributed by atoms with E-state index < -0.39 is 5.97 Å². The Morgan fingerprint density at radius 2 is 2.43 bits per heavy atom. The smallest absolute Gasteiger partial charge is 0.304 e. The van der Waals surface area contributed by atoms with Gasteiger partial charge in [-0.2, -0.15) is 23.5 Å². The Hall–Kier alpha value is 0.130. The van der Waals surface area contributed by atoms with Crippen molar-refractivity contribution in [3.63, 3.8) is 0 Å². The lowest BCUT2D eigenvalue weighted by atomic mass is 10.2. The van der Waals surface area contributed by atoms with E-state index in [4.69, 9.17) is 5.11 Å². The Morgan fingerprint density at radius 3 is 3.00 bits per heavy atom. The van der Waals surface area contributed by atoms with Gasteiger partial charge in [-0.3, -0.25) is 4.79 Å². The quantitative estimate of drug-likeness (QED) is 0.752. The van der Waals surface area contributed by atoms with Crippen LogP contribution in [0.1, 0.15) is 13.3 Å². The van der Waals surface area contributed by atoms with Gasteiger partial charge in [0.2, 0.25) is 0 Å². The molecule has 0 aromatic rings. The maximum atomic E-state index is 10.4. The predicted molar refractivity (Wildman–Crippen MR) is 63.3 cm³/mol. The highest BCUT2D eigenvalue weighted by Crippen LogP contribution is 2.23. The number of hydrogen-bond acceptors (Lipinski definition) is 4. The topological polar surface area (TPSA) is 49.3 Å². The molecule has 2 atom stereocenters. The molecule has 2 N–H and O–H groups in total. The molecule has 14 heavy (non-hydrogen) atoms. The van der Waals surface area contributed by atoms with E-state index in [9.17, 15) is 4.79 Å². The van der Waals surface area contributed by atoms with Gasteiger partial charge in [0, 0.05) is 35.1 Å². The van der Waals surface area contributed by atoms with Crippen LogP contribution in [0.2, 0.25) is 0 Å². The van der Waals surface area contributed by atoms with Gasteiger partial charge in [-0.05, 0) is 6.92 Å². The van der Waals surface area contributed by atoms with Gasteiger partial charge in [0.05, 0.1) is 6.42 Å². The number of nitrogens with one attached hydrogen (secondary N) is 1. The number of carbonyl (C=O) groups is 1. The monoisotopic (exact) mass is 235 g/mol. The van der Waals surface area contributed by atoms with Crippen LogP contribution < -0.4 is 5.32 Å². The van der Waals surface area contributed by atoms with Gasteiger partial charge in [-0.25, -0.2) is 0 Å². The minimum absolute atomic E-state index is 0.0834. The maximum Gasteiger partial charge on any atom is 0.304 e. The molecule has 82 valence electrons. The Labute approximate surface area is 93.4 Å². The molecule has 1 heterocycles. The molecule has 0 aliphatic carbocycles. The summed E-state index contributed by atoms with van der Waals surface area (Å²) in [6.07, 6.45) is 0.213. The van der Waals surface area contributed by atoms with Crippen molar-refractivity contribution in [1.82, 2.24) is 5.32 Å². The molecule has 0 radical (unpaired) electrons. The molecule has 0 spiro atoms. The van der Waals surface area contributed by atoms with Crippen LogP contribution in [0.25, 0.3) is 0 Å². The molecule has 2 unspecified atom stereocenters. The molecular weight excluding hydrogens is 218 g/mol. The highest BCUT2D eigenvalue weighted by atomic mass is 32.2. The zero-order chi connectivity index (χ0) is 10.4. The van der Waals surface area contributed by atoms with Crippen LogP contribution in [0, 0.1) is 0 Å². The van der Waals surface area contributed by atoms with Crippen LogP contribution in [0.15, 0.2) is 0 Å². The van der Waals surface area contributed by atoms with Gasteiger partial charge in [-0.1, -0.05) is 0 Å². The highest BCUT2D eigenvalue weighted by Gasteiger charge is 2.15. The van der Waals surface area contributed by atoms with Gasteiger partial charge in [0.15, 0.2) is 0 Å². The first-order valence-corrected chi connectivity index (χ1v) is 7.03. The molecule has 0 amide bonds. The van der Waals surface area contributed by atoms with Crippen LogP contribution >= 0.6 is 23.5 Å². The Balaban J connectivity index is 2.09. The fourth-order valence-electron chi connectivity index (χ4n) is 1.32. The number of hydrogen-bond donors (Lipinski definition) is 2. The standard InChI is InChI=1S/C9H17NO2S2/c1-7(4-9(11)12)10-5-8-6-13-2-3-14-8/h7-8,10H,2-6H2,1H3,(H,11,12). The summed E-state index contributed by atoms with van der Waals surface area (Å²) in [4.78, 5) is 10.4. The number of carboxylic acids is 1. The second kappa shape index (κ2) is 6.58. The number of aliphatic carboxylic acids is 1. The van der Waals surface area contributed by atoms with E-state index in [1.54, 1.807) is 0 Å². The fourth-order valence-corrected chi connectivity index (χ4v) is 3.95.